The fraction of sp³-hybridized carbons (Fsp3) is 0.391. The summed E-state index contributed by atoms with van der Waals surface area (Å²) in [6.45, 7) is 5.00. The Labute approximate surface area is 188 Å². The quantitative estimate of drug-likeness (QED) is 0.489. The van der Waals surface area contributed by atoms with Crippen molar-refractivity contribution in [3.63, 3.8) is 0 Å². The average Bonchev–Trinajstić information content (AvgIpc) is 2.77. The predicted octanol–water partition coefficient (Wildman–Crippen LogP) is 1.99. The first-order valence-corrected chi connectivity index (χ1v) is 11.8. The van der Waals surface area contributed by atoms with Crippen LogP contribution in [-0.4, -0.2) is 50.8 Å². The highest BCUT2D eigenvalue weighted by Crippen LogP contribution is 2.22. The molecule has 0 radical (unpaired) electrons. The maximum Gasteiger partial charge on any atom is 0.335 e. The number of aliphatic hydroxyl groups is 1. The Balaban J connectivity index is 2.47. The van der Waals surface area contributed by atoms with E-state index in [9.17, 15) is 23.1 Å². The van der Waals surface area contributed by atoms with E-state index in [1.54, 1.807) is 56.3 Å². The molecule has 8 nitrogen and oxygen atoms in total. The molecule has 0 fully saturated rings. The lowest BCUT2D eigenvalue weighted by Gasteiger charge is -2.29. The summed E-state index contributed by atoms with van der Waals surface area (Å²) in [6.07, 6.45) is -1.73. The van der Waals surface area contributed by atoms with E-state index in [2.05, 4.69) is 4.72 Å². The van der Waals surface area contributed by atoms with Crippen molar-refractivity contribution in [2.75, 3.05) is 13.2 Å². The van der Waals surface area contributed by atoms with Gasteiger partial charge in [-0.15, -0.1) is 0 Å². The summed E-state index contributed by atoms with van der Waals surface area (Å²) in [5.74, 6) is -3.01. The topological polar surface area (TPSA) is 119 Å². The molecule has 9 heteroatoms. The third kappa shape index (κ3) is 6.88. The van der Waals surface area contributed by atoms with Crippen LogP contribution in [0.4, 0.5) is 0 Å². The molecule has 0 aliphatic carbocycles. The van der Waals surface area contributed by atoms with Gasteiger partial charge in [-0.3, -0.25) is 4.79 Å². The SMILES string of the molecule is CCOC(=O)[C@H](O)[C@H](Cc1ccccc1)[C@@H](NS(=O)(=O)c1ccc(C)cc1)C(=O)OCC. The maximum absolute atomic E-state index is 13.0. The van der Waals surface area contributed by atoms with Crippen molar-refractivity contribution in [2.45, 2.75) is 44.2 Å². The lowest BCUT2D eigenvalue weighted by Crippen LogP contribution is -2.53. The highest BCUT2D eigenvalue weighted by atomic mass is 32.2. The zero-order chi connectivity index (χ0) is 23.7. The molecule has 2 aromatic carbocycles. The van der Waals surface area contributed by atoms with Gasteiger partial charge in [0, 0.05) is 5.92 Å². The number of sulfonamides is 1. The third-order valence-electron chi connectivity index (χ3n) is 4.83. The Kier molecular flexibility index (Phi) is 9.37. The van der Waals surface area contributed by atoms with E-state index in [0.29, 0.717) is 5.56 Å². The first-order chi connectivity index (χ1) is 15.2. The number of carbonyl (C=O) groups excluding carboxylic acids is 2. The molecule has 2 aromatic rings. The van der Waals surface area contributed by atoms with Gasteiger partial charge in [0.1, 0.15) is 6.04 Å². The minimum absolute atomic E-state index is 0.00481. The molecule has 2 N–H and O–H groups in total. The molecule has 2 rings (SSSR count). The van der Waals surface area contributed by atoms with Crippen LogP contribution < -0.4 is 4.72 Å². The molecule has 0 spiro atoms. The predicted molar refractivity (Wildman–Crippen MR) is 118 cm³/mol. The summed E-state index contributed by atoms with van der Waals surface area (Å²) < 4.78 is 38.4. The molecule has 0 aliphatic heterocycles. The van der Waals surface area contributed by atoms with Gasteiger partial charge in [0.2, 0.25) is 10.0 Å². The number of rotatable bonds is 11. The Bertz CT molecular complexity index is 991. The number of ether oxygens (including phenoxy) is 2. The van der Waals surface area contributed by atoms with Gasteiger partial charge < -0.3 is 14.6 Å². The van der Waals surface area contributed by atoms with Gasteiger partial charge in [-0.1, -0.05) is 48.0 Å². The van der Waals surface area contributed by atoms with E-state index in [1.165, 1.54) is 12.1 Å². The van der Waals surface area contributed by atoms with Crippen molar-refractivity contribution >= 4 is 22.0 Å². The molecule has 0 bridgehead atoms. The smallest absolute Gasteiger partial charge is 0.335 e. The summed E-state index contributed by atoms with van der Waals surface area (Å²) in [7, 11) is -4.16. The highest BCUT2D eigenvalue weighted by Gasteiger charge is 2.41. The van der Waals surface area contributed by atoms with Crippen molar-refractivity contribution in [1.82, 2.24) is 4.72 Å². The van der Waals surface area contributed by atoms with E-state index >= 15 is 0 Å². The van der Waals surface area contributed by atoms with Gasteiger partial charge in [0.05, 0.1) is 18.1 Å². The Morgan fingerprint density at radius 1 is 0.938 bits per heavy atom. The molecule has 32 heavy (non-hydrogen) atoms. The number of benzene rings is 2. The highest BCUT2D eigenvalue weighted by molar-refractivity contribution is 7.89. The molecule has 0 unspecified atom stereocenters. The van der Waals surface area contributed by atoms with Crippen LogP contribution in [0.15, 0.2) is 59.5 Å². The normalized spacial score (nSPS) is 14.2. The Hall–Kier alpha value is -2.75. The number of hydrogen-bond donors (Lipinski definition) is 2. The summed E-state index contributed by atoms with van der Waals surface area (Å²) in [6, 6.07) is 13.4. The van der Waals surface area contributed by atoms with Crippen LogP contribution in [-0.2, 0) is 35.5 Å². The van der Waals surface area contributed by atoms with Gasteiger partial charge in [0.15, 0.2) is 6.10 Å². The number of esters is 2. The summed E-state index contributed by atoms with van der Waals surface area (Å²) >= 11 is 0. The van der Waals surface area contributed by atoms with Crippen molar-refractivity contribution in [2.24, 2.45) is 5.92 Å². The first-order valence-electron chi connectivity index (χ1n) is 10.3. The fourth-order valence-corrected chi connectivity index (χ4v) is 4.43. The molecule has 0 amide bonds. The second-order valence-electron chi connectivity index (χ2n) is 7.21. The number of carbonyl (C=O) groups is 2. The first kappa shape index (κ1) is 25.5. The number of aryl methyl sites for hydroxylation is 1. The zero-order valence-corrected chi connectivity index (χ0v) is 19.2. The van der Waals surface area contributed by atoms with E-state index in [-0.39, 0.29) is 24.5 Å². The van der Waals surface area contributed by atoms with Crippen LogP contribution in [0, 0.1) is 12.8 Å². The lowest BCUT2D eigenvalue weighted by molar-refractivity contribution is -0.159. The number of nitrogens with one attached hydrogen (secondary N) is 1. The van der Waals surface area contributed by atoms with Crippen LogP contribution in [0.1, 0.15) is 25.0 Å². The van der Waals surface area contributed by atoms with Crippen molar-refractivity contribution in [3.05, 3.63) is 65.7 Å². The summed E-state index contributed by atoms with van der Waals surface area (Å²) in [4.78, 5) is 25.1. The van der Waals surface area contributed by atoms with Gasteiger partial charge in [0.25, 0.3) is 0 Å². The van der Waals surface area contributed by atoms with Crippen LogP contribution in [0.5, 0.6) is 0 Å². The maximum atomic E-state index is 13.0. The molecule has 0 saturated carbocycles. The molecule has 0 aliphatic rings. The van der Waals surface area contributed by atoms with Gasteiger partial charge >= 0.3 is 11.9 Å². The van der Waals surface area contributed by atoms with Crippen LogP contribution in [0.3, 0.4) is 0 Å². The minimum atomic E-state index is -4.16. The van der Waals surface area contributed by atoms with Gasteiger partial charge in [-0.2, -0.15) is 4.72 Å². The van der Waals surface area contributed by atoms with E-state index in [0.717, 1.165) is 5.56 Å². The molecule has 0 saturated heterocycles. The number of aliphatic hydroxyl groups excluding tert-OH is 1. The monoisotopic (exact) mass is 463 g/mol. The van der Waals surface area contributed by atoms with Crippen molar-refractivity contribution < 1.29 is 32.6 Å². The van der Waals surface area contributed by atoms with Crippen LogP contribution in [0.25, 0.3) is 0 Å². The largest absolute Gasteiger partial charge is 0.465 e. The Morgan fingerprint density at radius 2 is 1.50 bits per heavy atom. The second-order valence-corrected chi connectivity index (χ2v) is 8.93. The van der Waals surface area contributed by atoms with Gasteiger partial charge in [-0.25, -0.2) is 13.2 Å². The van der Waals surface area contributed by atoms with Crippen molar-refractivity contribution in [1.29, 1.82) is 0 Å². The van der Waals surface area contributed by atoms with E-state index < -0.39 is 40.0 Å². The van der Waals surface area contributed by atoms with E-state index in [4.69, 9.17) is 9.47 Å². The molecule has 0 heterocycles. The second kappa shape index (κ2) is 11.8. The van der Waals surface area contributed by atoms with E-state index in [1.807, 2.05) is 6.92 Å². The average molecular weight is 464 g/mol. The van der Waals surface area contributed by atoms with Crippen LogP contribution in [0.2, 0.25) is 0 Å². The Morgan fingerprint density at radius 3 is 2.06 bits per heavy atom. The fourth-order valence-electron chi connectivity index (χ4n) is 3.20. The molecule has 3 atom stereocenters. The molecular weight excluding hydrogens is 434 g/mol. The van der Waals surface area contributed by atoms with Crippen molar-refractivity contribution in [3.8, 4) is 0 Å². The lowest BCUT2D eigenvalue weighted by atomic mass is 9.87. The zero-order valence-electron chi connectivity index (χ0n) is 18.4. The standard InChI is InChI=1S/C23H29NO7S/c1-4-30-22(26)20(24-32(28,29)18-13-11-16(3)12-14-18)19(21(25)23(27)31-5-2)15-17-9-7-6-8-10-17/h6-14,19-21,24-25H,4-5,15H2,1-3H3/t19-,20-,21-/m1/s1. The summed E-state index contributed by atoms with van der Waals surface area (Å²) in [5, 5.41) is 10.7. The van der Waals surface area contributed by atoms with Crippen LogP contribution >= 0.6 is 0 Å². The van der Waals surface area contributed by atoms with Gasteiger partial charge in [-0.05, 0) is 44.9 Å². The molecule has 174 valence electrons. The summed E-state index contributed by atoms with van der Waals surface area (Å²) in [5.41, 5.74) is 1.57. The number of hydrogen-bond acceptors (Lipinski definition) is 7. The molecule has 0 aromatic heterocycles. The minimum Gasteiger partial charge on any atom is -0.465 e. The molecular formula is C23H29NO7S. The third-order valence-corrected chi connectivity index (χ3v) is 6.29.